The number of aromatic nitrogens is 1. The monoisotopic (exact) mass is 409 g/mol. The quantitative estimate of drug-likeness (QED) is 0.766. The number of anilines is 2. The van der Waals surface area contributed by atoms with E-state index in [0.29, 0.717) is 5.92 Å². The number of aryl methyl sites for hydroxylation is 1. The molecule has 0 spiro atoms. The molecule has 1 aromatic heterocycles. The maximum absolute atomic E-state index is 9.89. The normalized spacial score (nSPS) is 33.0. The van der Waals surface area contributed by atoms with Crippen LogP contribution in [0.3, 0.4) is 0 Å². The summed E-state index contributed by atoms with van der Waals surface area (Å²) in [6.45, 7) is 3.65. The van der Waals surface area contributed by atoms with Crippen LogP contribution in [0, 0.1) is 5.92 Å². The van der Waals surface area contributed by atoms with Gasteiger partial charge in [-0.3, -0.25) is 4.98 Å². The molecule has 3 heterocycles. The molecule has 6 rings (SSSR count). The molecule has 0 bridgehead atoms. The molecule has 3 aliphatic carbocycles. The molecule has 2 atom stereocenters. The third-order valence-electron chi connectivity index (χ3n) is 8.98. The Kier molecular flexibility index (Phi) is 5.17. The van der Waals surface area contributed by atoms with Gasteiger partial charge in [-0.1, -0.05) is 12.8 Å². The molecule has 1 aromatic rings. The van der Waals surface area contributed by atoms with Crippen LogP contribution in [0.5, 0.6) is 0 Å². The summed E-state index contributed by atoms with van der Waals surface area (Å²) >= 11 is 0. The van der Waals surface area contributed by atoms with Crippen molar-refractivity contribution in [3.63, 3.8) is 0 Å². The first-order valence-corrected chi connectivity index (χ1v) is 13.0. The molecule has 2 unspecified atom stereocenters. The Hall–Kier alpha value is -1.29. The minimum absolute atomic E-state index is 0.0353. The van der Waals surface area contributed by atoms with E-state index in [1.807, 2.05) is 0 Å². The van der Waals surface area contributed by atoms with E-state index in [0.717, 1.165) is 24.8 Å². The Morgan fingerprint density at radius 3 is 2.57 bits per heavy atom. The molecule has 0 amide bonds. The predicted molar refractivity (Wildman–Crippen MR) is 123 cm³/mol. The number of hydrogen-bond acceptors (Lipinski definition) is 4. The fraction of sp³-hybridized carbons (Fsp3) is 0.808. The number of nitrogens with zero attached hydrogens (tertiary/aromatic N) is 3. The maximum Gasteiger partial charge on any atom is 0.0832 e. The first-order chi connectivity index (χ1) is 14.8. The van der Waals surface area contributed by atoms with Gasteiger partial charge < -0.3 is 14.9 Å². The van der Waals surface area contributed by atoms with Gasteiger partial charge in [-0.05, 0) is 88.5 Å². The SMILES string of the molecule is OC1CCC(CCN2CCCN3c4c(nc5c(c42)CCCC5)C2CCCCC23)CC1. The van der Waals surface area contributed by atoms with E-state index in [4.69, 9.17) is 4.98 Å². The second kappa shape index (κ2) is 8.00. The highest BCUT2D eigenvalue weighted by molar-refractivity contribution is 5.82. The average molecular weight is 410 g/mol. The summed E-state index contributed by atoms with van der Waals surface area (Å²) in [5, 5.41) is 9.89. The van der Waals surface area contributed by atoms with Gasteiger partial charge >= 0.3 is 0 Å². The molecule has 164 valence electrons. The van der Waals surface area contributed by atoms with Crippen molar-refractivity contribution >= 4 is 11.4 Å². The zero-order valence-electron chi connectivity index (χ0n) is 18.6. The molecule has 5 aliphatic rings. The highest BCUT2D eigenvalue weighted by Gasteiger charge is 2.45. The molecule has 0 radical (unpaired) electrons. The van der Waals surface area contributed by atoms with Crippen molar-refractivity contribution in [2.24, 2.45) is 5.92 Å². The lowest BCUT2D eigenvalue weighted by molar-refractivity contribution is 0.107. The summed E-state index contributed by atoms with van der Waals surface area (Å²) in [5.41, 5.74) is 7.75. The van der Waals surface area contributed by atoms with Crippen molar-refractivity contribution in [1.82, 2.24) is 4.98 Å². The fourth-order valence-corrected chi connectivity index (χ4v) is 7.40. The Bertz CT molecular complexity index is 785. The van der Waals surface area contributed by atoms with Crippen LogP contribution >= 0.6 is 0 Å². The van der Waals surface area contributed by atoms with Crippen molar-refractivity contribution in [2.45, 2.75) is 108 Å². The molecule has 0 aromatic carbocycles. The predicted octanol–water partition coefficient (Wildman–Crippen LogP) is 4.96. The van der Waals surface area contributed by atoms with E-state index in [1.165, 1.54) is 108 Å². The van der Waals surface area contributed by atoms with Gasteiger partial charge in [0.25, 0.3) is 0 Å². The highest BCUT2D eigenvalue weighted by Crippen LogP contribution is 2.54. The van der Waals surface area contributed by atoms with E-state index < -0.39 is 0 Å². The molecule has 2 fully saturated rings. The molecule has 4 heteroatoms. The zero-order chi connectivity index (χ0) is 20.1. The second-order valence-corrected chi connectivity index (χ2v) is 10.8. The summed E-state index contributed by atoms with van der Waals surface area (Å²) in [4.78, 5) is 11.0. The average Bonchev–Trinajstić information content (AvgIpc) is 2.96. The topological polar surface area (TPSA) is 39.6 Å². The van der Waals surface area contributed by atoms with E-state index in [-0.39, 0.29) is 6.10 Å². The molecule has 2 saturated carbocycles. The number of fused-ring (bicyclic) bond motifs is 5. The van der Waals surface area contributed by atoms with Crippen molar-refractivity contribution in [3.05, 3.63) is 17.0 Å². The van der Waals surface area contributed by atoms with Gasteiger partial charge in [0, 0.05) is 37.3 Å². The van der Waals surface area contributed by atoms with Crippen LogP contribution in [-0.4, -0.2) is 41.9 Å². The van der Waals surface area contributed by atoms with Crippen molar-refractivity contribution < 1.29 is 5.11 Å². The number of rotatable bonds is 3. The van der Waals surface area contributed by atoms with Crippen LogP contribution in [0.2, 0.25) is 0 Å². The summed E-state index contributed by atoms with van der Waals surface area (Å²) in [5.74, 6) is 1.50. The lowest BCUT2D eigenvalue weighted by Crippen LogP contribution is -2.36. The first-order valence-electron chi connectivity index (χ1n) is 13.0. The molecule has 30 heavy (non-hydrogen) atoms. The molecule has 0 saturated heterocycles. The summed E-state index contributed by atoms with van der Waals surface area (Å²) in [6, 6.07) is 0.726. The first kappa shape index (κ1) is 19.4. The maximum atomic E-state index is 9.89. The summed E-state index contributed by atoms with van der Waals surface area (Å²) in [6.07, 6.45) is 17.6. The molecule has 1 N–H and O–H groups in total. The zero-order valence-corrected chi connectivity index (χ0v) is 18.6. The van der Waals surface area contributed by atoms with E-state index in [1.54, 1.807) is 16.9 Å². The Morgan fingerprint density at radius 1 is 0.833 bits per heavy atom. The van der Waals surface area contributed by atoms with Crippen LogP contribution in [0.15, 0.2) is 0 Å². The third kappa shape index (κ3) is 3.25. The number of hydrogen-bond donors (Lipinski definition) is 1. The lowest BCUT2D eigenvalue weighted by Gasteiger charge is -2.34. The molecular weight excluding hydrogens is 370 g/mol. The summed E-state index contributed by atoms with van der Waals surface area (Å²) in [7, 11) is 0. The van der Waals surface area contributed by atoms with Gasteiger partial charge in [0.15, 0.2) is 0 Å². The lowest BCUT2D eigenvalue weighted by atomic mass is 9.83. The largest absolute Gasteiger partial charge is 0.393 e. The molecule has 4 nitrogen and oxygen atoms in total. The van der Waals surface area contributed by atoms with E-state index >= 15 is 0 Å². The summed E-state index contributed by atoms with van der Waals surface area (Å²) < 4.78 is 0. The van der Waals surface area contributed by atoms with Gasteiger partial charge in [0.2, 0.25) is 0 Å². The van der Waals surface area contributed by atoms with Crippen LogP contribution in [0.1, 0.15) is 99.9 Å². The number of pyridine rings is 1. The van der Waals surface area contributed by atoms with Gasteiger partial charge in [0.1, 0.15) is 0 Å². The van der Waals surface area contributed by atoms with Gasteiger partial charge in [-0.2, -0.15) is 0 Å². The Labute approximate surface area is 182 Å². The van der Waals surface area contributed by atoms with Gasteiger partial charge in [0.05, 0.1) is 23.2 Å². The van der Waals surface area contributed by atoms with Gasteiger partial charge in [-0.25, -0.2) is 0 Å². The van der Waals surface area contributed by atoms with Crippen LogP contribution in [0.25, 0.3) is 0 Å². The van der Waals surface area contributed by atoms with Crippen LogP contribution < -0.4 is 9.80 Å². The fourth-order valence-electron chi connectivity index (χ4n) is 7.40. The van der Waals surface area contributed by atoms with Gasteiger partial charge in [-0.15, -0.1) is 0 Å². The minimum Gasteiger partial charge on any atom is -0.393 e. The van der Waals surface area contributed by atoms with Crippen molar-refractivity contribution in [1.29, 1.82) is 0 Å². The van der Waals surface area contributed by atoms with E-state index in [9.17, 15) is 5.11 Å². The highest BCUT2D eigenvalue weighted by atomic mass is 16.3. The minimum atomic E-state index is -0.0353. The second-order valence-electron chi connectivity index (χ2n) is 10.8. The molecular formula is C26H39N3O. The van der Waals surface area contributed by atoms with E-state index in [2.05, 4.69) is 9.80 Å². The third-order valence-corrected chi connectivity index (χ3v) is 8.98. The standard InChI is InChI=1S/C26H39N3O/c30-19-12-10-18(11-13-19)14-17-28-15-5-16-29-23-9-4-2-7-21(23)24-26(29)25(28)20-6-1-3-8-22(20)27-24/h18-19,21,23,30H,1-17H2. The van der Waals surface area contributed by atoms with Crippen molar-refractivity contribution in [2.75, 3.05) is 29.4 Å². The smallest absolute Gasteiger partial charge is 0.0832 e. The molecule has 2 aliphatic heterocycles. The number of aliphatic hydroxyl groups excluding tert-OH is 1. The van der Waals surface area contributed by atoms with Crippen LogP contribution in [-0.2, 0) is 12.8 Å². The Morgan fingerprint density at radius 2 is 1.67 bits per heavy atom. The van der Waals surface area contributed by atoms with Crippen molar-refractivity contribution in [3.8, 4) is 0 Å². The van der Waals surface area contributed by atoms with Crippen LogP contribution in [0.4, 0.5) is 11.4 Å². The number of aliphatic hydroxyl groups is 1. The Balaban J connectivity index is 1.35.